The molecule has 2 aromatic heterocycles. The van der Waals surface area contributed by atoms with Crippen LogP contribution in [0, 0.1) is 0 Å². The van der Waals surface area contributed by atoms with E-state index in [0.29, 0.717) is 0 Å². The number of carbonyl (C=O) groups excluding carboxylic acids is 1. The number of thioether (sulfide) groups is 1. The fourth-order valence-electron chi connectivity index (χ4n) is 2.10. The number of imidazole rings is 1. The van der Waals surface area contributed by atoms with Gasteiger partial charge >= 0.3 is 0 Å². The summed E-state index contributed by atoms with van der Waals surface area (Å²) in [6.45, 7) is 2.34. The van der Waals surface area contributed by atoms with Crippen LogP contribution in [0.1, 0.15) is 6.92 Å². The van der Waals surface area contributed by atoms with E-state index in [2.05, 4.69) is 20.5 Å². The summed E-state index contributed by atoms with van der Waals surface area (Å²) >= 11 is 1.62. The van der Waals surface area contributed by atoms with Crippen molar-refractivity contribution in [3.8, 4) is 5.69 Å². The zero-order valence-corrected chi connectivity index (χ0v) is 13.4. The van der Waals surface area contributed by atoms with Crippen molar-refractivity contribution in [2.75, 3.05) is 11.1 Å². The lowest BCUT2D eigenvalue weighted by atomic mass is 10.2. The van der Waals surface area contributed by atoms with E-state index in [9.17, 15) is 4.79 Å². The fraction of sp³-hybridized carbons (Fsp3) is 0.200. The van der Waals surface area contributed by atoms with Crippen LogP contribution in [0.25, 0.3) is 5.69 Å². The highest BCUT2D eigenvalue weighted by molar-refractivity contribution is 7.99. The molecular weight excluding hydrogens is 312 g/mol. The van der Waals surface area contributed by atoms with Gasteiger partial charge in [-0.05, 0) is 18.2 Å². The van der Waals surface area contributed by atoms with Gasteiger partial charge in [-0.2, -0.15) is 0 Å². The normalized spacial score (nSPS) is 10.7. The predicted octanol–water partition coefficient (Wildman–Crippen LogP) is 2.21. The van der Waals surface area contributed by atoms with E-state index < -0.39 is 0 Å². The molecule has 0 aliphatic carbocycles. The van der Waals surface area contributed by atoms with Crippen LogP contribution in [-0.4, -0.2) is 36.0 Å². The molecule has 0 bridgehead atoms. The first-order valence-corrected chi connectivity index (χ1v) is 8.07. The summed E-state index contributed by atoms with van der Waals surface area (Å²) in [7, 11) is 0. The Kier molecular flexibility index (Phi) is 4.72. The number of anilines is 1. The summed E-state index contributed by atoms with van der Waals surface area (Å²) in [5, 5.41) is 11.7. The first-order valence-electron chi connectivity index (χ1n) is 7.09. The summed E-state index contributed by atoms with van der Waals surface area (Å²) in [6, 6.07) is 7.58. The number of carbonyl (C=O) groups is 1. The van der Waals surface area contributed by atoms with Crippen LogP contribution in [0.2, 0.25) is 0 Å². The summed E-state index contributed by atoms with van der Waals surface area (Å²) in [5.41, 5.74) is 1.66. The van der Waals surface area contributed by atoms with Crippen molar-refractivity contribution in [2.24, 2.45) is 0 Å². The van der Waals surface area contributed by atoms with E-state index in [1.54, 1.807) is 30.6 Å². The number of hydrogen-bond acceptors (Lipinski definition) is 5. The molecule has 7 nitrogen and oxygen atoms in total. The summed E-state index contributed by atoms with van der Waals surface area (Å²) in [6.07, 6.45) is 7.16. The Morgan fingerprint density at radius 2 is 2.26 bits per heavy atom. The molecule has 0 saturated heterocycles. The van der Waals surface area contributed by atoms with Crippen LogP contribution in [0.15, 0.2) is 54.5 Å². The van der Waals surface area contributed by atoms with Crippen molar-refractivity contribution in [1.29, 1.82) is 0 Å². The van der Waals surface area contributed by atoms with E-state index >= 15 is 0 Å². The third kappa shape index (κ3) is 3.98. The van der Waals surface area contributed by atoms with Gasteiger partial charge in [-0.25, -0.2) is 4.98 Å². The van der Waals surface area contributed by atoms with Crippen molar-refractivity contribution in [1.82, 2.24) is 24.3 Å². The van der Waals surface area contributed by atoms with Gasteiger partial charge in [0.2, 0.25) is 5.91 Å². The first-order chi connectivity index (χ1) is 11.2. The number of rotatable bonds is 6. The molecule has 3 aromatic rings. The van der Waals surface area contributed by atoms with Gasteiger partial charge in [0.1, 0.15) is 6.33 Å². The molecular formula is C15H16N6OS. The molecule has 0 aliphatic heterocycles. The summed E-state index contributed by atoms with van der Waals surface area (Å²) in [4.78, 5) is 15.2. The van der Waals surface area contributed by atoms with Gasteiger partial charge in [-0.15, -0.1) is 10.2 Å². The topological polar surface area (TPSA) is 77.6 Å². The van der Waals surface area contributed by atoms with Gasteiger partial charge in [0.15, 0.2) is 5.16 Å². The zero-order chi connectivity index (χ0) is 16.1. The third-order valence-corrected chi connectivity index (χ3v) is 4.02. The van der Waals surface area contributed by atoms with Crippen LogP contribution in [0.5, 0.6) is 0 Å². The zero-order valence-electron chi connectivity index (χ0n) is 12.6. The maximum atomic E-state index is 11.2. The molecule has 1 N–H and O–H groups in total. The lowest BCUT2D eigenvalue weighted by Gasteiger charge is -2.09. The minimum absolute atomic E-state index is 0.0964. The Hall–Kier alpha value is -2.61. The number of nitrogens with zero attached hydrogens (tertiary/aromatic N) is 5. The van der Waals surface area contributed by atoms with Crippen molar-refractivity contribution >= 4 is 23.4 Å². The molecule has 2 heterocycles. The second-order valence-corrected chi connectivity index (χ2v) is 5.93. The SMILES string of the molecule is CC(=O)Nc1cccc(-n2cnnc2SCCn2ccnc2)c1. The highest BCUT2D eigenvalue weighted by atomic mass is 32.2. The molecule has 118 valence electrons. The van der Waals surface area contributed by atoms with Crippen LogP contribution < -0.4 is 5.32 Å². The summed E-state index contributed by atoms with van der Waals surface area (Å²) < 4.78 is 3.93. The Labute approximate surface area is 137 Å². The number of benzene rings is 1. The molecule has 0 unspecified atom stereocenters. The highest BCUT2D eigenvalue weighted by Gasteiger charge is 2.08. The molecule has 1 amide bonds. The maximum absolute atomic E-state index is 11.2. The van der Waals surface area contributed by atoms with Crippen molar-refractivity contribution < 1.29 is 4.79 Å². The Balaban J connectivity index is 1.71. The first kappa shape index (κ1) is 15.3. The lowest BCUT2D eigenvalue weighted by molar-refractivity contribution is -0.114. The standard InChI is InChI=1S/C15H16N6OS/c1-12(22)18-13-3-2-4-14(9-13)21-11-17-19-15(21)23-8-7-20-6-5-16-10-20/h2-6,9-11H,7-8H2,1H3,(H,18,22). The minimum atomic E-state index is -0.0964. The van der Waals surface area contributed by atoms with Crippen molar-refractivity contribution in [3.63, 3.8) is 0 Å². The highest BCUT2D eigenvalue weighted by Crippen LogP contribution is 2.21. The van der Waals surface area contributed by atoms with Gasteiger partial charge < -0.3 is 9.88 Å². The van der Waals surface area contributed by atoms with Crippen molar-refractivity contribution in [2.45, 2.75) is 18.6 Å². The molecule has 0 fully saturated rings. The largest absolute Gasteiger partial charge is 0.337 e. The second-order valence-electron chi connectivity index (χ2n) is 4.86. The molecule has 0 atom stereocenters. The number of aromatic nitrogens is 5. The number of hydrogen-bond donors (Lipinski definition) is 1. The molecule has 3 rings (SSSR count). The molecule has 1 aromatic carbocycles. The fourth-order valence-corrected chi connectivity index (χ4v) is 2.98. The van der Waals surface area contributed by atoms with Crippen LogP contribution >= 0.6 is 11.8 Å². The average Bonchev–Trinajstić information content (AvgIpc) is 3.18. The monoisotopic (exact) mass is 328 g/mol. The summed E-state index contributed by atoms with van der Waals surface area (Å²) in [5.74, 6) is 0.765. The Bertz CT molecular complexity index is 783. The van der Waals surface area contributed by atoms with Crippen LogP contribution in [-0.2, 0) is 11.3 Å². The number of nitrogens with one attached hydrogen (secondary N) is 1. The van der Waals surface area contributed by atoms with Gasteiger partial charge in [0.25, 0.3) is 0 Å². The van der Waals surface area contributed by atoms with Crippen molar-refractivity contribution in [3.05, 3.63) is 49.3 Å². The van der Waals surface area contributed by atoms with Gasteiger partial charge in [-0.1, -0.05) is 17.8 Å². The molecule has 0 spiro atoms. The maximum Gasteiger partial charge on any atom is 0.221 e. The average molecular weight is 328 g/mol. The number of amides is 1. The molecule has 0 aliphatic rings. The smallest absolute Gasteiger partial charge is 0.221 e. The molecule has 23 heavy (non-hydrogen) atoms. The van der Waals surface area contributed by atoms with Gasteiger partial charge in [0.05, 0.1) is 12.0 Å². The van der Waals surface area contributed by atoms with E-state index in [1.165, 1.54) is 6.92 Å². The molecule has 0 radical (unpaired) electrons. The van der Waals surface area contributed by atoms with Crippen LogP contribution in [0.3, 0.4) is 0 Å². The third-order valence-electron chi connectivity index (χ3n) is 3.10. The number of aryl methyl sites for hydroxylation is 1. The Morgan fingerprint density at radius 1 is 1.35 bits per heavy atom. The van der Waals surface area contributed by atoms with E-state index in [0.717, 1.165) is 28.8 Å². The quantitative estimate of drug-likeness (QED) is 0.702. The minimum Gasteiger partial charge on any atom is -0.337 e. The molecule has 8 heteroatoms. The Morgan fingerprint density at radius 3 is 3.04 bits per heavy atom. The van der Waals surface area contributed by atoms with Gasteiger partial charge in [-0.3, -0.25) is 9.36 Å². The van der Waals surface area contributed by atoms with E-state index in [-0.39, 0.29) is 5.91 Å². The van der Waals surface area contributed by atoms with E-state index in [1.807, 2.05) is 39.6 Å². The van der Waals surface area contributed by atoms with Crippen LogP contribution in [0.4, 0.5) is 5.69 Å². The second kappa shape index (κ2) is 7.10. The lowest BCUT2D eigenvalue weighted by Crippen LogP contribution is -2.06. The molecule has 0 saturated carbocycles. The van der Waals surface area contributed by atoms with Gasteiger partial charge in [0, 0.05) is 37.3 Å². The van der Waals surface area contributed by atoms with E-state index in [4.69, 9.17) is 0 Å². The predicted molar refractivity (Wildman–Crippen MR) is 88.6 cm³/mol.